The average Bonchev–Trinajstić information content (AvgIpc) is 2.82. The van der Waals surface area contributed by atoms with Crippen molar-refractivity contribution in [3.8, 4) is 5.75 Å². The van der Waals surface area contributed by atoms with Gasteiger partial charge in [0.1, 0.15) is 12.0 Å². The first-order valence-electron chi connectivity index (χ1n) is 11.9. The quantitative estimate of drug-likeness (QED) is 0.292. The number of ether oxygens (including phenoxy) is 2. The Kier molecular flexibility index (Phi) is 9.26. The van der Waals surface area contributed by atoms with Crippen molar-refractivity contribution in [3.05, 3.63) is 28.8 Å². The summed E-state index contributed by atoms with van der Waals surface area (Å²) >= 11 is 0. The van der Waals surface area contributed by atoms with Crippen LogP contribution < -0.4 is 10.1 Å². The highest BCUT2D eigenvalue weighted by Gasteiger charge is 2.44. The third-order valence-corrected chi connectivity index (χ3v) is 6.86. The normalized spacial score (nSPS) is 24.8. The number of aliphatic hydroxyl groups excluding tert-OH is 2. The summed E-state index contributed by atoms with van der Waals surface area (Å²) in [6, 6.07) is 4.05. The van der Waals surface area contributed by atoms with Gasteiger partial charge in [-0.25, -0.2) is 9.59 Å². The van der Waals surface area contributed by atoms with Gasteiger partial charge in [-0.3, -0.25) is 4.90 Å². The fraction of sp³-hybridized carbons (Fsp3) is 0.667. The van der Waals surface area contributed by atoms with Crippen LogP contribution in [0.3, 0.4) is 0 Å². The molecule has 0 aromatic heterocycles. The first-order valence-corrected chi connectivity index (χ1v) is 11.9. The zero-order valence-electron chi connectivity index (χ0n) is 19.8. The molecule has 190 valence electrons. The lowest BCUT2D eigenvalue weighted by Gasteiger charge is -2.50. The number of hydrogen-bond acceptors (Lipinski definition) is 8. The molecule has 1 aromatic carbocycles. The molecule has 2 fully saturated rings. The van der Waals surface area contributed by atoms with Crippen LogP contribution in [0.2, 0.25) is 0 Å². The van der Waals surface area contributed by atoms with E-state index in [1.807, 2.05) is 26.0 Å². The van der Waals surface area contributed by atoms with Gasteiger partial charge in [-0.2, -0.15) is 0 Å². The van der Waals surface area contributed by atoms with Crippen LogP contribution in [0.25, 0.3) is 0 Å². The number of carboxylic acid groups (broad SMARTS) is 2. The summed E-state index contributed by atoms with van der Waals surface area (Å²) in [7, 11) is 0. The van der Waals surface area contributed by atoms with Crippen molar-refractivity contribution in [2.45, 2.75) is 76.5 Å². The summed E-state index contributed by atoms with van der Waals surface area (Å²) in [6.07, 6.45) is -0.507. The second-order valence-corrected chi connectivity index (χ2v) is 9.02. The minimum absolute atomic E-state index is 0.0376. The zero-order chi connectivity index (χ0) is 24.8. The van der Waals surface area contributed by atoms with Gasteiger partial charge in [0.15, 0.2) is 12.2 Å². The maximum atomic E-state index is 11.7. The molecule has 0 aliphatic carbocycles. The molecule has 0 bridgehead atoms. The Morgan fingerprint density at radius 1 is 1.12 bits per heavy atom. The smallest absolute Gasteiger partial charge is 0.336 e. The summed E-state index contributed by atoms with van der Waals surface area (Å²) in [5.74, 6) is -2.35. The summed E-state index contributed by atoms with van der Waals surface area (Å²) in [4.78, 5) is 25.1. The molecule has 2 aliphatic heterocycles. The Bertz CT molecular complexity index is 862. The van der Waals surface area contributed by atoms with Crippen molar-refractivity contribution in [2.24, 2.45) is 0 Å². The van der Waals surface area contributed by atoms with Gasteiger partial charge in [0, 0.05) is 31.8 Å². The Morgan fingerprint density at radius 2 is 1.88 bits per heavy atom. The Morgan fingerprint density at radius 3 is 2.56 bits per heavy atom. The standard InChI is InChI=1S/C24H36N2O8/c1-14-15(2)19(33-11-4-3-10-27)9-8-17(14)18-7-5-6-16-12-25-13-20(26(16)18)34-22(24(31)32)21(28)23(29)30/h8-9,16,18,20-22,25,27-28H,3-7,10-13H2,1-2H3,(H,29,30)(H,31,32)/t16-,18+,20?,21+,22+/m0/s1. The molecular formula is C24H36N2O8. The molecule has 5 N–H and O–H groups in total. The van der Waals surface area contributed by atoms with Gasteiger partial charge >= 0.3 is 11.9 Å². The van der Waals surface area contributed by atoms with Crippen LogP contribution in [0.15, 0.2) is 12.1 Å². The molecule has 2 saturated heterocycles. The predicted octanol–water partition coefficient (Wildman–Crippen LogP) is 1.19. The van der Waals surface area contributed by atoms with Gasteiger partial charge in [-0.05, 0) is 68.7 Å². The molecule has 0 amide bonds. The fourth-order valence-electron chi connectivity index (χ4n) is 4.95. The number of fused-ring (bicyclic) bond motifs is 1. The lowest BCUT2D eigenvalue weighted by atomic mass is 9.86. The Hall–Kier alpha value is -2.24. The summed E-state index contributed by atoms with van der Waals surface area (Å²) in [6.45, 7) is 5.77. The van der Waals surface area contributed by atoms with Crippen molar-refractivity contribution in [1.82, 2.24) is 10.2 Å². The lowest BCUT2D eigenvalue weighted by molar-refractivity contribution is -0.200. The zero-order valence-corrected chi connectivity index (χ0v) is 19.8. The first kappa shape index (κ1) is 26.4. The van der Waals surface area contributed by atoms with E-state index >= 15 is 0 Å². The molecule has 34 heavy (non-hydrogen) atoms. The molecule has 0 spiro atoms. The average molecular weight is 481 g/mol. The van der Waals surface area contributed by atoms with Gasteiger partial charge < -0.3 is 35.2 Å². The molecule has 1 aromatic rings. The van der Waals surface area contributed by atoms with Crippen LogP contribution in [0, 0.1) is 13.8 Å². The number of nitrogens with one attached hydrogen (secondary N) is 1. The predicted molar refractivity (Wildman–Crippen MR) is 123 cm³/mol. The Labute approximate surface area is 199 Å². The number of aliphatic hydroxyl groups is 2. The molecule has 2 aliphatic rings. The van der Waals surface area contributed by atoms with Gasteiger partial charge in [0.05, 0.1) is 6.61 Å². The fourth-order valence-corrected chi connectivity index (χ4v) is 4.95. The van der Waals surface area contributed by atoms with E-state index in [9.17, 15) is 19.8 Å². The van der Waals surface area contributed by atoms with E-state index in [1.165, 1.54) is 0 Å². The molecule has 0 radical (unpaired) electrons. The number of hydrogen-bond donors (Lipinski definition) is 5. The van der Waals surface area contributed by atoms with Gasteiger partial charge in [0.25, 0.3) is 0 Å². The molecule has 3 rings (SSSR count). The molecule has 10 heteroatoms. The number of benzene rings is 1. The topological polar surface area (TPSA) is 149 Å². The van der Waals surface area contributed by atoms with Crippen LogP contribution >= 0.6 is 0 Å². The number of carbonyl (C=O) groups is 2. The van der Waals surface area contributed by atoms with E-state index in [-0.39, 0.29) is 18.7 Å². The van der Waals surface area contributed by atoms with E-state index in [4.69, 9.17) is 19.7 Å². The minimum Gasteiger partial charge on any atom is -0.493 e. The molecule has 10 nitrogen and oxygen atoms in total. The van der Waals surface area contributed by atoms with Crippen molar-refractivity contribution in [1.29, 1.82) is 0 Å². The van der Waals surface area contributed by atoms with Crippen LogP contribution in [0.4, 0.5) is 0 Å². The van der Waals surface area contributed by atoms with E-state index in [0.29, 0.717) is 19.6 Å². The molecule has 0 saturated carbocycles. The second-order valence-electron chi connectivity index (χ2n) is 9.02. The van der Waals surface area contributed by atoms with Crippen LogP contribution in [0.5, 0.6) is 5.75 Å². The maximum Gasteiger partial charge on any atom is 0.336 e. The summed E-state index contributed by atoms with van der Waals surface area (Å²) < 4.78 is 11.7. The number of nitrogens with zero attached hydrogens (tertiary/aromatic N) is 1. The van der Waals surface area contributed by atoms with Crippen molar-refractivity contribution < 1.29 is 39.5 Å². The number of piperazine rings is 1. The lowest BCUT2D eigenvalue weighted by Crippen LogP contribution is -2.62. The second kappa shape index (κ2) is 11.9. The van der Waals surface area contributed by atoms with Gasteiger partial charge in [-0.1, -0.05) is 6.07 Å². The summed E-state index contributed by atoms with van der Waals surface area (Å²) in [5.41, 5.74) is 3.22. The van der Waals surface area contributed by atoms with E-state index in [1.54, 1.807) is 0 Å². The maximum absolute atomic E-state index is 11.7. The van der Waals surface area contributed by atoms with Crippen LogP contribution in [-0.2, 0) is 14.3 Å². The van der Waals surface area contributed by atoms with E-state index in [0.717, 1.165) is 54.7 Å². The highest BCUT2D eigenvalue weighted by atomic mass is 16.6. The number of rotatable bonds is 11. The van der Waals surface area contributed by atoms with Crippen molar-refractivity contribution >= 4 is 11.9 Å². The molecule has 1 unspecified atom stereocenters. The minimum atomic E-state index is -2.16. The third kappa shape index (κ3) is 5.87. The van der Waals surface area contributed by atoms with Crippen molar-refractivity contribution in [3.63, 3.8) is 0 Å². The van der Waals surface area contributed by atoms with Gasteiger partial charge in [-0.15, -0.1) is 0 Å². The molecule has 5 atom stereocenters. The van der Waals surface area contributed by atoms with Crippen LogP contribution in [0.1, 0.15) is 54.8 Å². The summed E-state index contributed by atoms with van der Waals surface area (Å²) in [5, 5.41) is 40.8. The monoisotopic (exact) mass is 480 g/mol. The number of aliphatic carboxylic acids is 2. The highest BCUT2D eigenvalue weighted by Crippen LogP contribution is 2.40. The number of unbranched alkanes of at least 4 members (excludes halogenated alkanes) is 1. The SMILES string of the molecule is Cc1c(OCCCCO)ccc([C@H]2CCC[C@H]3CNCC(O[C@@H](C(=O)O)[C@@H](O)C(=O)O)N32)c1C. The van der Waals surface area contributed by atoms with E-state index in [2.05, 4.69) is 10.2 Å². The van der Waals surface area contributed by atoms with E-state index < -0.39 is 30.4 Å². The number of carboxylic acids is 2. The Balaban J connectivity index is 1.85. The van der Waals surface area contributed by atoms with Crippen LogP contribution in [-0.4, -0.2) is 88.0 Å². The molecule has 2 heterocycles. The molecular weight excluding hydrogens is 444 g/mol. The highest BCUT2D eigenvalue weighted by molar-refractivity contribution is 5.83. The van der Waals surface area contributed by atoms with Gasteiger partial charge in [0.2, 0.25) is 0 Å². The largest absolute Gasteiger partial charge is 0.493 e. The first-order chi connectivity index (χ1) is 16.3. The third-order valence-electron chi connectivity index (χ3n) is 6.86. The van der Waals surface area contributed by atoms with Crippen molar-refractivity contribution in [2.75, 3.05) is 26.3 Å². The number of piperidine rings is 1.